The maximum absolute atomic E-state index is 8.08. The summed E-state index contributed by atoms with van der Waals surface area (Å²) in [5, 5.41) is 0. The summed E-state index contributed by atoms with van der Waals surface area (Å²) in [4.78, 5) is 1.90. The Hall–Kier alpha value is -0.0400. The van der Waals surface area contributed by atoms with Crippen LogP contribution in [-0.4, -0.2) is 24.0 Å². The molecule has 0 bridgehead atoms. The summed E-state index contributed by atoms with van der Waals surface area (Å²) in [5.41, 5.74) is 0. The van der Waals surface area contributed by atoms with E-state index in [0.29, 0.717) is 13.1 Å². The minimum Gasteiger partial charge on any atom is -0.301 e. The zero-order valence-corrected chi connectivity index (χ0v) is 8.59. The van der Waals surface area contributed by atoms with Gasteiger partial charge in [-0.05, 0) is 51.5 Å². The van der Waals surface area contributed by atoms with Crippen LogP contribution >= 0.6 is 0 Å². The van der Waals surface area contributed by atoms with Crippen molar-refractivity contribution >= 4 is 0 Å². The van der Waals surface area contributed by atoms with Crippen molar-refractivity contribution in [3.63, 3.8) is 0 Å². The van der Waals surface area contributed by atoms with E-state index in [1.54, 1.807) is 0 Å². The predicted octanol–water partition coefficient (Wildman–Crippen LogP) is 2.76. The Labute approximate surface area is 82.8 Å². The molecular weight excluding hydrogens is 146 g/mol. The standard InChI is InChI=1S/C11H23N/c1-9(2)11-5-7-12(8-6-11)10(3)4/h9-11H,5-8H2,1-4H3/i5D2,6D2. The molecule has 0 aliphatic carbocycles. The van der Waals surface area contributed by atoms with Crippen LogP contribution in [0.5, 0.6) is 0 Å². The Bertz CT molecular complexity index is 232. The second-order valence-corrected chi connectivity index (χ2v) is 4.13. The van der Waals surface area contributed by atoms with Crippen LogP contribution in [0, 0.1) is 11.8 Å². The summed E-state index contributed by atoms with van der Waals surface area (Å²) < 4.78 is 32.3. The van der Waals surface area contributed by atoms with Crippen molar-refractivity contribution < 1.29 is 5.48 Å². The van der Waals surface area contributed by atoms with Gasteiger partial charge in [0.15, 0.2) is 0 Å². The van der Waals surface area contributed by atoms with Gasteiger partial charge in [0.25, 0.3) is 0 Å². The minimum atomic E-state index is -1.44. The molecule has 1 fully saturated rings. The molecule has 1 nitrogen and oxygen atoms in total. The number of hydrogen-bond acceptors (Lipinski definition) is 1. The van der Waals surface area contributed by atoms with E-state index in [-0.39, 0.29) is 12.0 Å². The lowest BCUT2D eigenvalue weighted by atomic mass is 9.86. The fourth-order valence-corrected chi connectivity index (χ4v) is 1.40. The first-order chi connectivity index (χ1) is 7.08. The van der Waals surface area contributed by atoms with E-state index in [0.717, 1.165) is 0 Å². The normalized spacial score (nSPS) is 35.8. The predicted molar refractivity (Wildman–Crippen MR) is 54.3 cm³/mol. The van der Waals surface area contributed by atoms with E-state index in [9.17, 15) is 0 Å². The SMILES string of the molecule is [2H]C1([2H])CN(C(C)C)CC([2H])([2H])C1C(C)C. The van der Waals surface area contributed by atoms with Crippen molar-refractivity contribution in [3.8, 4) is 0 Å². The number of rotatable bonds is 2. The lowest BCUT2D eigenvalue weighted by molar-refractivity contribution is 0.129. The number of hydrogen-bond donors (Lipinski definition) is 0. The molecule has 0 aromatic heterocycles. The van der Waals surface area contributed by atoms with E-state index in [4.69, 9.17) is 5.48 Å². The third-order valence-electron chi connectivity index (χ3n) is 2.43. The first kappa shape index (κ1) is 5.64. The molecule has 0 unspecified atom stereocenters. The highest BCUT2D eigenvalue weighted by molar-refractivity contribution is 4.75. The Morgan fingerprint density at radius 3 is 2.00 bits per heavy atom. The van der Waals surface area contributed by atoms with Gasteiger partial charge < -0.3 is 4.90 Å². The fourth-order valence-electron chi connectivity index (χ4n) is 1.40. The van der Waals surface area contributed by atoms with Gasteiger partial charge in [-0.25, -0.2) is 0 Å². The summed E-state index contributed by atoms with van der Waals surface area (Å²) in [6.45, 7) is 8.47. The van der Waals surface area contributed by atoms with Crippen LogP contribution < -0.4 is 0 Å². The molecule has 1 heterocycles. The highest BCUT2D eigenvalue weighted by Crippen LogP contribution is 2.25. The molecule has 0 saturated carbocycles. The molecule has 1 heteroatoms. The van der Waals surface area contributed by atoms with Crippen LogP contribution in [0.2, 0.25) is 0 Å². The first-order valence-corrected chi connectivity index (χ1v) is 4.82. The third kappa shape index (κ3) is 2.48. The van der Waals surface area contributed by atoms with Crippen LogP contribution in [0.15, 0.2) is 0 Å². The van der Waals surface area contributed by atoms with E-state index < -0.39 is 18.7 Å². The molecule has 0 atom stereocenters. The molecular formula is C11H23N. The van der Waals surface area contributed by atoms with Crippen LogP contribution in [0.1, 0.15) is 45.9 Å². The molecule has 1 aliphatic rings. The average molecular weight is 173 g/mol. The van der Waals surface area contributed by atoms with E-state index >= 15 is 0 Å². The summed E-state index contributed by atoms with van der Waals surface area (Å²) in [5.74, 6) is -0.491. The van der Waals surface area contributed by atoms with E-state index in [1.165, 1.54) is 0 Å². The van der Waals surface area contributed by atoms with Gasteiger partial charge in [-0.2, -0.15) is 0 Å². The molecule has 1 saturated heterocycles. The molecule has 0 aromatic carbocycles. The molecule has 0 amide bonds. The van der Waals surface area contributed by atoms with Gasteiger partial charge >= 0.3 is 0 Å². The lowest BCUT2D eigenvalue weighted by Crippen LogP contribution is -2.39. The maximum atomic E-state index is 8.08. The quantitative estimate of drug-likeness (QED) is 0.620. The number of likely N-dealkylation sites (tertiary alicyclic amines) is 1. The van der Waals surface area contributed by atoms with Crippen LogP contribution in [0.4, 0.5) is 0 Å². The molecule has 1 rings (SSSR count). The highest BCUT2D eigenvalue weighted by Gasteiger charge is 2.22. The van der Waals surface area contributed by atoms with Gasteiger partial charge in [0.05, 0.1) is 0 Å². The smallest absolute Gasteiger partial charge is 0.0283 e. The topological polar surface area (TPSA) is 3.24 Å². The summed E-state index contributed by atoms with van der Waals surface area (Å²) in [6, 6.07) is 0.193. The van der Waals surface area contributed by atoms with Gasteiger partial charge in [-0.15, -0.1) is 0 Å². The van der Waals surface area contributed by atoms with Crippen molar-refractivity contribution in [2.45, 2.75) is 46.5 Å². The Kier molecular flexibility index (Phi) is 2.01. The molecule has 0 N–H and O–H groups in total. The molecule has 0 spiro atoms. The summed E-state index contributed by atoms with van der Waals surface area (Å²) in [6.07, 6.45) is -2.89. The van der Waals surface area contributed by atoms with Crippen molar-refractivity contribution in [2.24, 2.45) is 11.8 Å². The Balaban J connectivity index is 2.98. The highest BCUT2D eigenvalue weighted by atomic mass is 15.1. The fraction of sp³-hybridized carbons (Fsp3) is 1.00. The van der Waals surface area contributed by atoms with Gasteiger partial charge in [0.2, 0.25) is 0 Å². The minimum absolute atomic E-state index is 0.0271. The summed E-state index contributed by atoms with van der Waals surface area (Å²) >= 11 is 0. The average Bonchev–Trinajstić information content (AvgIpc) is 1.96. The van der Waals surface area contributed by atoms with Gasteiger partial charge in [0.1, 0.15) is 0 Å². The van der Waals surface area contributed by atoms with Gasteiger partial charge in [-0.3, -0.25) is 0 Å². The molecule has 1 aliphatic heterocycles. The van der Waals surface area contributed by atoms with Gasteiger partial charge in [0, 0.05) is 11.5 Å². The first-order valence-electron chi connectivity index (χ1n) is 6.82. The molecule has 12 heavy (non-hydrogen) atoms. The largest absolute Gasteiger partial charge is 0.301 e. The van der Waals surface area contributed by atoms with Crippen molar-refractivity contribution in [1.82, 2.24) is 4.90 Å². The summed E-state index contributed by atoms with van der Waals surface area (Å²) in [7, 11) is 0. The second-order valence-electron chi connectivity index (χ2n) is 4.13. The zero-order chi connectivity index (χ0) is 12.7. The maximum Gasteiger partial charge on any atom is 0.0283 e. The van der Waals surface area contributed by atoms with Crippen molar-refractivity contribution in [1.29, 1.82) is 0 Å². The Morgan fingerprint density at radius 1 is 1.17 bits per heavy atom. The third-order valence-corrected chi connectivity index (χ3v) is 2.43. The Morgan fingerprint density at radius 2 is 1.67 bits per heavy atom. The number of piperidine rings is 1. The molecule has 0 aromatic rings. The molecule has 72 valence electrons. The second kappa shape index (κ2) is 4.27. The van der Waals surface area contributed by atoms with Crippen molar-refractivity contribution in [2.75, 3.05) is 13.1 Å². The van der Waals surface area contributed by atoms with Crippen molar-refractivity contribution in [3.05, 3.63) is 0 Å². The van der Waals surface area contributed by atoms with Crippen LogP contribution in [0.3, 0.4) is 0 Å². The zero-order valence-electron chi connectivity index (χ0n) is 12.6. The van der Waals surface area contributed by atoms with E-state index in [2.05, 4.69) is 0 Å². The van der Waals surface area contributed by atoms with Crippen LogP contribution in [-0.2, 0) is 0 Å². The number of nitrogens with zero attached hydrogens (tertiary/aromatic N) is 1. The van der Waals surface area contributed by atoms with E-state index in [1.807, 2.05) is 32.6 Å². The van der Waals surface area contributed by atoms with Gasteiger partial charge in [-0.1, -0.05) is 13.8 Å². The van der Waals surface area contributed by atoms with Crippen LogP contribution in [0.25, 0.3) is 0 Å². The lowest BCUT2D eigenvalue weighted by Gasteiger charge is -2.36. The molecule has 0 radical (unpaired) electrons. The monoisotopic (exact) mass is 173 g/mol.